The zero-order chi connectivity index (χ0) is 20.9. The number of benzene rings is 1. The highest BCUT2D eigenvalue weighted by Gasteiger charge is 2.32. The normalized spacial score (nSPS) is 19.8. The second-order valence-electron chi connectivity index (χ2n) is 9.05. The summed E-state index contributed by atoms with van der Waals surface area (Å²) in [5.41, 5.74) is 2.72. The lowest BCUT2D eigenvalue weighted by Gasteiger charge is -2.24. The first kappa shape index (κ1) is 21.6. The summed E-state index contributed by atoms with van der Waals surface area (Å²) in [5.74, 6) is 1.70. The summed E-state index contributed by atoms with van der Waals surface area (Å²) in [5, 5.41) is 6.97. The Hall–Kier alpha value is -2.08. The lowest BCUT2D eigenvalue weighted by Crippen LogP contribution is -2.42. The van der Waals surface area contributed by atoms with Crippen molar-refractivity contribution in [1.29, 1.82) is 0 Å². The molecule has 160 valence electrons. The number of guanidine groups is 1. The predicted octanol–water partition coefficient (Wildman–Crippen LogP) is 2.96. The number of amides is 1. The second kappa shape index (κ2) is 9.61. The Morgan fingerprint density at radius 1 is 1.28 bits per heavy atom. The number of fused-ring (bicyclic) bond motifs is 1. The fourth-order valence-corrected chi connectivity index (χ4v) is 4.18. The number of anilines is 1. The van der Waals surface area contributed by atoms with Crippen molar-refractivity contribution in [2.75, 3.05) is 44.2 Å². The molecule has 0 radical (unpaired) electrons. The van der Waals surface area contributed by atoms with Crippen LogP contribution in [0, 0.1) is 0 Å². The highest BCUT2D eigenvalue weighted by Crippen LogP contribution is 2.38. The van der Waals surface area contributed by atoms with E-state index in [-0.39, 0.29) is 5.54 Å². The Labute approximate surface area is 175 Å². The van der Waals surface area contributed by atoms with Crippen molar-refractivity contribution in [3.8, 4) is 0 Å². The first-order chi connectivity index (χ1) is 13.9. The largest absolute Gasteiger partial charge is 0.356 e. The minimum absolute atomic E-state index is 0.103. The summed E-state index contributed by atoms with van der Waals surface area (Å²) >= 11 is 0. The number of likely N-dealkylation sites (tertiary alicyclic amines) is 1. The molecule has 2 heterocycles. The summed E-state index contributed by atoms with van der Waals surface area (Å²) < 4.78 is 0. The molecule has 2 aliphatic heterocycles. The maximum absolute atomic E-state index is 12.0. The molecule has 2 N–H and O–H groups in total. The Morgan fingerprint density at radius 2 is 2.07 bits per heavy atom. The van der Waals surface area contributed by atoms with E-state index in [1.165, 1.54) is 11.3 Å². The molecule has 6 nitrogen and oxygen atoms in total. The van der Waals surface area contributed by atoms with Gasteiger partial charge in [0.05, 0.1) is 6.54 Å². The number of rotatable bonds is 7. The number of hydrogen-bond acceptors (Lipinski definition) is 3. The number of carbonyl (C=O) groups is 1. The summed E-state index contributed by atoms with van der Waals surface area (Å²) in [6.07, 6.45) is 2.73. The lowest BCUT2D eigenvalue weighted by molar-refractivity contribution is -0.127. The van der Waals surface area contributed by atoms with Crippen molar-refractivity contribution in [3.05, 3.63) is 29.8 Å². The van der Waals surface area contributed by atoms with Gasteiger partial charge < -0.3 is 20.4 Å². The van der Waals surface area contributed by atoms with Gasteiger partial charge in [-0.2, -0.15) is 0 Å². The maximum Gasteiger partial charge on any atom is 0.222 e. The molecule has 6 heteroatoms. The number of aliphatic imine (C=N–C) groups is 1. The number of nitrogens with one attached hydrogen (secondary N) is 2. The third kappa shape index (κ3) is 5.72. The second-order valence-corrected chi connectivity index (χ2v) is 9.05. The summed E-state index contributed by atoms with van der Waals surface area (Å²) in [7, 11) is 0. The molecular formula is C23H37N5O. The van der Waals surface area contributed by atoms with Gasteiger partial charge >= 0.3 is 0 Å². The van der Waals surface area contributed by atoms with Crippen LogP contribution in [-0.2, 0) is 4.79 Å². The van der Waals surface area contributed by atoms with Gasteiger partial charge in [-0.05, 0) is 52.2 Å². The fourth-order valence-electron chi connectivity index (χ4n) is 4.18. The monoisotopic (exact) mass is 399 g/mol. The van der Waals surface area contributed by atoms with Gasteiger partial charge in [0.15, 0.2) is 5.96 Å². The van der Waals surface area contributed by atoms with Gasteiger partial charge in [0, 0.05) is 56.3 Å². The first-order valence-corrected chi connectivity index (χ1v) is 11.1. The van der Waals surface area contributed by atoms with Crippen LogP contribution in [0.4, 0.5) is 5.69 Å². The summed E-state index contributed by atoms with van der Waals surface area (Å²) in [4.78, 5) is 21.2. The van der Waals surface area contributed by atoms with Gasteiger partial charge in [-0.3, -0.25) is 9.79 Å². The van der Waals surface area contributed by atoms with Crippen molar-refractivity contribution < 1.29 is 4.79 Å². The van der Waals surface area contributed by atoms with Gasteiger partial charge in [0.2, 0.25) is 5.91 Å². The summed E-state index contributed by atoms with van der Waals surface area (Å²) in [6.45, 7) is 13.8. The first-order valence-electron chi connectivity index (χ1n) is 11.1. The van der Waals surface area contributed by atoms with Crippen LogP contribution >= 0.6 is 0 Å². The van der Waals surface area contributed by atoms with Gasteiger partial charge in [0.1, 0.15) is 0 Å². The minimum Gasteiger partial charge on any atom is -0.356 e. The van der Waals surface area contributed by atoms with E-state index >= 15 is 0 Å². The molecule has 2 aliphatic rings. The fraction of sp³-hybridized carbons (Fsp3) is 0.652. The molecule has 0 bridgehead atoms. The molecule has 1 saturated heterocycles. The summed E-state index contributed by atoms with van der Waals surface area (Å²) in [6, 6.07) is 8.64. The molecular weight excluding hydrogens is 362 g/mol. The molecule has 0 spiro atoms. The Balaban J connectivity index is 1.69. The number of hydrogen-bond donors (Lipinski definition) is 2. The van der Waals surface area contributed by atoms with Crippen LogP contribution in [0.2, 0.25) is 0 Å². The number of carbonyl (C=O) groups excluding carboxylic acids is 1. The highest BCUT2D eigenvalue weighted by molar-refractivity contribution is 5.98. The SMILES string of the molecule is CCNC(=NCCNC(C)(C)C)N1CC(CCN2CCCC2=O)c2ccccc21. The van der Waals surface area contributed by atoms with E-state index in [0.29, 0.717) is 18.2 Å². The van der Waals surface area contributed by atoms with E-state index < -0.39 is 0 Å². The average molecular weight is 400 g/mol. The van der Waals surface area contributed by atoms with E-state index in [9.17, 15) is 4.79 Å². The molecule has 0 saturated carbocycles. The van der Waals surface area contributed by atoms with E-state index in [2.05, 4.69) is 67.5 Å². The average Bonchev–Trinajstić information content (AvgIpc) is 3.25. The van der Waals surface area contributed by atoms with Crippen LogP contribution in [0.15, 0.2) is 29.3 Å². The van der Waals surface area contributed by atoms with Crippen molar-refractivity contribution in [2.24, 2.45) is 4.99 Å². The number of para-hydroxylation sites is 1. The van der Waals surface area contributed by atoms with Crippen molar-refractivity contribution in [3.63, 3.8) is 0 Å². The molecule has 29 heavy (non-hydrogen) atoms. The zero-order valence-corrected chi connectivity index (χ0v) is 18.5. The van der Waals surface area contributed by atoms with Crippen LogP contribution in [0.1, 0.15) is 58.4 Å². The topological polar surface area (TPSA) is 60.0 Å². The standard InChI is InChI=1S/C23H37N5O/c1-5-24-22(25-13-14-26-23(2,3)4)28-17-18(19-9-6-7-10-20(19)28)12-16-27-15-8-11-21(27)29/h6-7,9-10,18,26H,5,8,11-17H2,1-4H3,(H,24,25). The highest BCUT2D eigenvalue weighted by atomic mass is 16.2. The molecule has 3 rings (SSSR count). The zero-order valence-electron chi connectivity index (χ0n) is 18.5. The van der Waals surface area contributed by atoms with E-state index in [1.807, 2.05) is 4.90 Å². The van der Waals surface area contributed by atoms with Crippen LogP contribution in [-0.4, -0.2) is 61.6 Å². The van der Waals surface area contributed by atoms with Crippen LogP contribution < -0.4 is 15.5 Å². The smallest absolute Gasteiger partial charge is 0.222 e. The molecule has 1 amide bonds. The van der Waals surface area contributed by atoms with Crippen molar-refractivity contribution in [1.82, 2.24) is 15.5 Å². The third-order valence-electron chi connectivity index (χ3n) is 5.61. The Kier molecular flexibility index (Phi) is 7.17. The minimum atomic E-state index is 0.103. The molecule has 1 atom stereocenters. The molecule has 0 aromatic heterocycles. The third-order valence-corrected chi connectivity index (χ3v) is 5.61. The lowest BCUT2D eigenvalue weighted by atomic mass is 9.98. The van der Waals surface area contributed by atoms with E-state index in [1.54, 1.807) is 0 Å². The number of nitrogens with zero attached hydrogens (tertiary/aromatic N) is 3. The molecule has 1 aromatic carbocycles. The van der Waals surface area contributed by atoms with Crippen molar-refractivity contribution in [2.45, 2.75) is 58.4 Å². The van der Waals surface area contributed by atoms with Crippen LogP contribution in [0.5, 0.6) is 0 Å². The van der Waals surface area contributed by atoms with Gasteiger partial charge in [-0.25, -0.2) is 0 Å². The van der Waals surface area contributed by atoms with Crippen LogP contribution in [0.3, 0.4) is 0 Å². The van der Waals surface area contributed by atoms with E-state index in [4.69, 9.17) is 4.99 Å². The molecule has 0 aliphatic carbocycles. The predicted molar refractivity (Wildman–Crippen MR) is 121 cm³/mol. The van der Waals surface area contributed by atoms with Gasteiger partial charge in [0.25, 0.3) is 0 Å². The Bertz CT molecular complexity index is 724. The van der Waals surface area contributed by atoms with Gasteiger partial charge in [-0.1, -0.05) is 18.2 Å². The Morgan fingerprint density at radius 3 is 2.76 bits per heavy atom. The molecule has 1 fully saturated rings. The maximum atomic E-state index is 12.0. The van der Waals surface area contributed by atoms with Crippen LogP contribution in [0.25, 0.3) is 0 Å². The van der Waals surface area contributed by atoms with E-state index in [0.717, 1.165) is 58.1 Å². The molecule has 1 unspecified atom stereocenters. The van der Waals surface area contributed by atoms with Crippen molar-refractivity contribution >= 4 is 17.6 Å². The molecule has 1 aromatic rings. The quantitative estimate of drug-likeness (QED) is 0.420. The van der Waals surface area contributed by atoms with Gasteiger partial charge in [-0.15, -0.1) is 0 Å².